The highest BCUT2D eigenvalue weighted by atomic mass is 127. The Labute approximate surface area is 164 Å². The lowest BCUT2D eigenvalue weighted by atomic mass is 10.2. The lowest BCUT2D eigenvalue weighted by Gasteiger charge is -2.06. The van der Waals surface area contributed by atoms with E-state index in [1.165, 1.54) is 12.3 Å². The first kappa shape index (κ1) is 18.5. The average Bonchev–Trinajstić information content (AvgIpc) is 3.22. The van der Waals surface area contributed by atoms with Gasteiger partial charge in [-0.2, -0.15) is 0 Å². The van der Waals surface area contributed by atoms with Crippen LogP contribution in [-0.2, 0) is 0 Å². The van der Waals surface area contributed by atoms with Gasteiger partial charge in [0.1, 0.15) is 11.6 Å². The van der Waals surface area contributed by atoms with Crippen LogP contribution in [0.15, 0.2) is 41.0 Å². The van der Waals surface area contributed by atoms with Crippen LogP contribution in [0.25, 0.3) is 0 Å². The molecule has 0 fully saturated rings. The van der Waals surface area contributed by atoms with Crippen LogP contribution in [0.4, 0.5) is 19.5 Å². The summed E-state index contributed by atoms with van der Waals surface area (Å²) < 4.78 is 32.1. The van der Waals surface area contributed by atoms with Crippen molar-refractivity contribution in [1.82, 2.24) is 0 Å². The number of furan rings is 1. The van der Waals surface area contributed by atoms with E-state index in [9.17, 15) is 18.4 Å². The molecule has 9 heteroatoms. The van der Waals surface area contributed by atoms with E-state index in [1.54, 1.807) is 41.6 Å². The summed E-state index contributed by atoms with van der Waals surface area (Å²) in [6.07, 6.45) is 1.38. The predicted molar refractivity (Wildman–Crippen MR) is 103 cm³/mol. The van der Waals surface area contributed by atoms with Crippen molar-refractivity contribution < 1.29 is 22.8 Å². The van der Waals surface area contributed by atoms with Gasteiger partial charge in [-0.3, -0.25) is 9.59 Å². The van der Waals surface area contributed by atoms with Crippen molar-refractivity contribution in [1.29, 1.82) is 0 Å². The van der Waals surface area contributed by atoms with Crippen LogP contribution in [0.1, 0.15) is 25.8 Å². The highest BCUT2D eigenvalue weighted by Crippen LogP contribution is 2.28. The fourth-order valence-electron chi connectivity index (χ4n) is 2.17. The number of thiophene rings is 1. The SMILES string of the molecule is Cc1cc(NC(=O)c2ccco2)sc1C(=O)Nc1cc(F)c(I)c(F)c1. The number of halogens is 3. The minimum absolute atomic E-state index is 0.0133. The summed E-state index contributed by atoms with van der Waals surface area (Å²) in [6, 6.07) is 6.84. The summed E-state index contributed by atoms with van der Waals surface area (Å²) in [7, 11) is 0. The molecule has 0 spiro atoms. The summed E-state index contributed by atoms with van der Waals surface area (Å²) in [4.78, 5) is 24.7. The molecule has 2 heterocycles. The second-order valence-electron chi connectivity index (χ2n) is 5.26. The molecule has 0 aliphatic rings. The molecule has 1 aromatic carbocycles. The molecule has 0 saturated carbocycles. The third-order valence-electron chi connectivity index (χ3n) is 3.35. The Bertz CT molecular complexity index is 963. The van der Waals surface area contributed by atoms with Gasteiger partial charge < -0.3 is 15.1 Å². The summed E-state index contributed by atoms with van der Waals surface area (Å²) in [5.41, 5.74) is 0.632. The number of rotatable bonds is 4. The lowest BCUT2D eigenvalue weighted by Crippen LogP contribution is -2.12. The van der Waals surface area contributed by atoms with Gasteiger partial charge in [0.2, 0.25) is 0 Å². The van der Waals surface area contributed by atoms with E-state index < -0.39 is 23.4 Å². The number of carbonyl (C=O) groups excluding carboxylic acids is 2. The zero-order valence-corrected chi connectivity index (χ0v) is 16.2. The maximum absolute atomic E-state index is 13.6. The fourth-order valence-corrected chi connectivity index (χ4v) is 3.44. The summed E-state index contributed by atoms with van der Waals surface area (Å²) in [5, 5.41) is 5.55. The smallest absolute Gasteiger partial charge is 0.291 e. The number of amides is 2. The quantitative estimate of drug-likeness (QED) is 0.400. The van der Waals surface area contributed by atoms with Crippen LogP contribution in [0.3, 0.4) is 0 Å². The van der Waals surface area contributed by atoms with Crippen LogP contribution < -0.4 is 10.6 Å². The molecule has 0 aliphatic carbocycles. The molecule has 2 N–H and O–H groups in total. The fraction of sp³-hybridized carbons (Fsp3) is 0.0588. The van der Waals surface area contributed by atoms with Crippen molar-refractivity contribution in [2.75, 3.05) is 10.6 Å². The van der Waals surface area contributed by atoms with E-state index in [4.69, 9.17) is 4.42 Å². The van der Waals surface area contributed by atoms with Gasteiger partial charge in [-0.05, 0) is 65.4 Å². The predicted octanol–water partition coefficient (Wildman–Crippen LogP) is 5.04. The van der Waals surface area contributed by atoms with Crippen LogP contribution >= 0.6 is 33.9 Å². The van der Waals surface area contributed by atoms with Gasteiger partial charge in [0.25, 0.3) is 11.8 Å². The Morgan fingerprint density at radius 1 is 1.12 bits per heavy atom. The van der Waals surface area contributed by atoms with Gasteiger partial charge in [0.05, 0.1) is 19.7 Å². The first-order valence-electron chi connectivity index (χ1n) is 7.26. The van der Waals surface area contributed by atoms with E-state index in [-0.39, 0.29) is 15.0 Å². The second-order valence-corrected chi connectivity index (χ2v) is 7.39. The molecular formula is C17H11F2IN2O3S. The van der Waals surface area contributed by atoms with Gasteiger partial charge in [0, 0.05) is 5.69 Å². The molecule has 3 rings (SSSR count). The molecule has 0 atom stereocenters. The first-order valence-corrected chi connectivity index (χ1v) is 9.16. The van der Waals surface area contributed by atoms with Crippen LogP contribution in [0.2, 0.25) is 0 Å². The number of hydrogen-bond acceptors (Lipinski definition) is 4. The molecule has 26 heavy (non-hydrogen) atoms. The number of anilines is 2. The Morgan fingerprint density at radius 3 is 2.42 bits per heavy atom. The minimum atomic E-state index is -0.754. The van der Waals surface area contributed by atoms with Crippen molar-refractivity contribution in [3.8, 4) is 0 Å². The van der Waals surface area contributed by atoms with E-state index >= 15 is 0 Å². The van der Waals surface area contributed by atoms with E-state index in [0.29, 0.717) is 15.4 Å². The van der Waals surface area contributed by atoms with Crippen molar-refractivity contribution in [2.45, 2.75) is 6.92 Å². The van der Waals surface area contributed by atoms with Crippen LogP contribution in [0, 0.1) is 22.1 Å². The average molecular weight is 488 g/mol. The van der Waals surface area contributed by atoms with Crippen LogP contribution in [-0.4, -0.2) is 11.8 Å². The van der Waals surface area contributed by atoms with Crippen molar-refractivity contribution >= 4 is 56.4 Å². The summed E-state index contributed by atoms with van der Waals surface area (Å²) >= 11 is 2.60. The zero-order chi connectivity index (χ0) is 18.8. The van der Waals surface area contributed by atoms with E-state index in [1.807, 2.05) is 0 Å². The van der Waals surface area contributed by atoms with Gasteiger partial charge >= 0.3 is 0 Å². The Morgan fingerprint density at radius 2 is 1.81 bits per heavy atom. The van der Waals surface area contributed by atoms with E-state index in [0.717, 1.165) is 23.5 Å². The molecular weight excluding hydrogens is 477 g/mol. The van der Waals surface area contributed by atoms with Crippen LogP contribution in [0.5, 0.6) is 0 Å². The first-order chi connectivity index (χ1) is 12.3. The molecule has 134 valence electrons. The van der Waals surface area contributed by atoms with Crippen molar-refractivity contribution in [3.05, 3.63) is 68.0 Å². The van der Waals surface area contributed by atoms with Gasteiger partial charge in [-0.15, -0.1) is 11.3 Å². The highest BCUT2D eigenvalue weighted by Gasteiger charge is 2.18. The molecule has 5 nitrogen and oxygen atoms in total. The standard InChI is InChI=1S/C17H11F2IN2O3S/c1-8-5-13(22-16(23)12-3-2-4-25-12)26-15(8)17(24)21-9-6-10(18)14(20)11(19)7-9/h2-7H,1H3,(H,21,24)(H,22,23). The third kappa shape index (κ3) is 3.93. The molecule has 0 bridgehead atoms. The molecule has 3 aromatic rings. The van der Waals surface area contributed by atoms with Gasteiger partial charge in [0.15, 0.2) is 5.76 Å². The number of hydrogen-bond donors (Lipinski definition) is 2. The Balaban J connectivity index is 1.76. The normalized spacial score (nSPS) is 10.6. The lowest BCUT2D eigenvalue weighted by molar-refractivity contribution is 0.0995. The molecule has 2 aromatic heterocycles. The highest BCUT2D eigenvalue weighted by molar-refractivity contribution is 14.1. The number of carbonyl (C=O) groups is 2. The third-order valence-corrected chi connectivity index (χ3v) is 5.53. The van der Waals surface area contributed by atoms with Crippen molar-refractivity contribution in [2.24, 2.45) is 0 Å². The minimum Gasteiger partial charge on any atom is -0.459 e. The Hall–Kier alpha value is -2.27. The molecule has 0 unspecified atom stereocenters. The second kappa shape index (κ2) is 7.54. The molecule has 0 radical (unpaired) electrons. The van der Waals surface area contributed by atoms with Gasteiger partial charge in [-0.1, -0.05) is 0 Å². The summed E-state index contributed by atoms with van der Waals surface area (Å²) in [6.45, 7) is 1.70. The zero-order valence-electron chi connectivity index (χ0n) is 13.2. The molecule has 2 amide bonds. The number of aryl methyl sites for hydroxylation is 1. The Kier molecular flexibility index (Phi) is 5.37. The molecule has 0 saturated heterocycles. The monoisotopic (exact) mass is 488 g/mol. The molecule has 0 aliphatic heterocycles. The number of benzene rings is 1. The van der Waals surface area contributed by atoms with Gasteiger partial charge in [-0.25, -0.2) is 8.78 Å². The maximum Gasteiger partial charge on any atom is 0.291 e. The summed E-state index contributed by atoms with van der Waals surface area (Å²) in [5.74, 6) is -2.33. The topological polar surface area (TPSA) is 71.3 Å². The largest absolute Gasteiger partial charge is 0.459 e. The van der Waals surface area contributed by atoms with Crippen molar-refractivity contribution in [3.63, 3.8) is 0 Å². The number of nitrogens with one attached hydrogen (secondary N) is 2. The van der Waals surface area contributed by atoms with E-state index in [2.05, 4.69) is 10.6 Å². The maximum atomic E-state index is 13.6.